The third-order valence-corrected chi connectivity index (χ3v) is 0. The molecule has 0 spiro atoms. The van der Waals surface area contributed by atoms with E-state index in [1.807, 2.05) is 0 Å². The summed E-state index contributed by atoms with van der Waals surface area (Å²) in [7, 11) is -4.67. The van der Waals surface area contributed by atoms with Crippen molar-refractivity contribution in [3.8, 4) is 0 Å². The average Bonchev–Trinajstić information content (AvgIpc) is 0.722. The van der Waals surface area contributed by atoms with Gasteiger partial charge in [-0.3, -0.25) is 9.11 Å². The Hall–Kier alpha value is 4.17. The molecule has 9 heavy (non-hydrogen) atoms. The van der Waals surface area contributed by atoms with Crippen LogP contribution in [0, 0.1) is 0 Å². The van der Waals surface area contributed by atoms with E-state index in [9.17, 15) is 0 Å². The van der Waals surface area contributed by atoms with Crippen LogP contribution in [0.25, 0.3) is 0 Å². The predicted molar refractivity (Wildman–Crippen MR) is 38.1 cm³/mol. The Morgan fingerprint density at radius 3 is 1.00 bits per heavy atom. The molecule has 0 aliphatic heterocycles. The molecule has 0 unspecified atom stereocenters. The van der Waals surface area contributed by atoms with Crippen LogP contribution in [0.2, 0.25) is 0 Å². The molecular weight excluding hydrogens is 280 g/mol. The second-order valence-electron chi connectivity index (χ2n) is 0.448. The molecule has 0 fully saturated rings. The SMILES string of the molecule is O=S(=O)(O)O.[Ca+2].[Ca+2].[Ca+2].[Cu].[H-].[H-].[H-].[H-].[H-].[H-]. The maximum Gasteiger partial charge on any atom is 2.00 e. The minimum atomic E-state index is -4.67. The van der Waals surface area contributed by atoms with Gasteiger partial charge in [0.1, 0.15) is 0 Å². The van der Waals surface area contributed by atoms with Crippen molar-refractivity contribution in [2.75, 3.05) is 0 Å². The summed E-state index contributed by atoms with van der Waals surface area (Å²) in [5, 5.41) is 0. The van der Waals surface area contributed by atoms with Gasteiger partial charge in [0.15, 0.2) is 0 Å². The summed E-state index contributed by atoms with van der Waals surface area (Å²) in [6, 6.07) is 0. The molecule has 9 heteroatoms. The molecule has 0 aromatic rings. The van der Waals surface area contributed by atoms with Crippen LogP contribution in [0.3, 0.4) is 0 Å². The summed E-state index contributed by atoms with van der Waals surface area (Å²) in [5.41, 5.74) is 0. The van der Waals surface area contributed by atoms with Gasteiger partial charge in [-0.15, -0.1) is 0 Å². The Balaban J connectivity index is -0.00000000178. The molecule has 0 aliphatic rings. The van der Waals surface area contributed by atoms with E-state index in [0.717, 1.165) is 0 Å². The van der Waals surface area contributed by atoms with Gasteiger partial charge in [-0.25, -0.2) is 0 Å². The second kappa shape index (κ2) is 14.7. The Morgan fingerprint density at radius 2 is 1.00 bits per heavy atom. The Labute approximate surface area is 163 Å². The molecule has 0 aromatic heterocycles. The zero-order valence-corrected chi connectivity index (χ0v) is 12.9. The van der Waals surface area contributed by atoms with E-state index in [1.165, 1.54) is 0 Å². The summed E-state index contributed by atoms with van der Waals surface area (Å²) in [4.78, 5) is 0. The van der Waals surface area contributed by atoms with Crippen molar-refractivity contribution in [1.29, 1.82) is 0 Å². The first-order chi connectivity index (χ1) is 2.00. The van der Waals surface area contributed by atoms with Gasteiger partial charge < -0.3 is 8.56 Å². The van der Waals surface area contributed by atoms with E-state index in [2.05, 4.69) is 0 Å². The molecule has 0 aliphatic carbocycles. The molecular formula is H8Ca3CuO4S. The minimum absolute atomic E-state index is 0. The zero-order valence-electron chi connectivity index (χ0n) is 10.5. The molecule has 55 valence electrons. The molecule has 2 N–H and O–H groups in total. The third-order valence-electron chi connectivity index (χ3n) is 0. The number of rotatable bonds is 0. The summed E-state index contributed by atoms with van der Waals surface area (Å²) < 4.78 is 31.6. The van der Waals surface area contributed by atoms with Crippen LogP contribution >= 0.6 is 0 Å². The Kier molecular flexibility index (Phi) is 47.7. The van der Waals surface area contributed by atoms with Gasteiger partial charge in [0.05, 0.1) is 0 Å². The van der Waals surface area contributed by atoms with Crippen molar-refractivity contribution < 1.29 is 43.2 Å². The first kappa shape index (κ1) is 29.2. The molecule has 0 bridgehead atoms. The first-order valence-corrected chi connectivity index (χ1v) is 2.10. The van der Waals surface area contributed by atoms with Crippen LogP contribution in [0.5, 0.6) is 0 Å². The van der Waals surface area contributed by atoms with E-state index < -0.39 is 10.4 Å². The van der Waals surface area contributed by atoms with Gasteiger partial charge in [0, 0.05) is 17.1 Å². The van der Waals surface area contributed by atoms with Crippen LogP contribution in [0.1, 0.15) is 8.56 Å². The fourth-order valence-corrected chi connectivity index (χ4v) is 0. The fraction of sp³-hybridized carbons (Fsp3) is 0. The van der Waals surface area contributed by atoms with E-state index in [4.69, 9.17) is 17.5 Å². The van der Waals surface area contributed by atoms with Crippen LogP contribution in [0.15, 0.2) is 0 Å². The largest absolute Gasteiger partial charge is 2.00 e. The quantitative estimate of drug-likeness (QED) is 0.437. The van der Waals surface area contributed by atoms with Gasteiger partial charge in [0.25, 0.3) is 0 Å². The molecule has 0 rings (SSSR count). The van der Waals surface area contributed by atoms with Crippen molar-refractivity contribution >= 4 is 124 Å². The molecule has 0 heterocycles. The minimum Gasteiger partial charge on any atom is -1.00 e. The molecule has 0 saturated heterocycles. The van der Waals surface area contributed by atoms with E-state index in [-0.39, 0.29) is 139 Å². The molecule has 0 aromatic carbocycles. The molecule has 1 radical (unpaired) electrons. The van der Waals surface area contributed by atoms with Gasteiger partial charge >= 0.3 is 124 Å². The zero-order chi connectivity index (χ0) is 4.50. The molecule has 0 atom stereocenters. The Bertz CT molecular complexity index is 114. The van der Waals surface area contributed by atoms with E-state index in [1.54, 1.807) is 0 Å². The smallest absolute Gasteiger partial charge is 1.00 e. The average molecular weight is 288 g/mol. The number of hydrogen-bond donors (Lipinski definition) is 2. The third kappa shape index (κ3) is 72.4. The molecule has 0 amide bonds. The topological polar surface area (TPSA) is 74.6 Å². The van der Waals surface area contributed by atoms with Crippen LogP contribution in [0.4, 0.5) is 0 Å². The van der Waals surface area contributed by atoms with Crippen molar-refractivity contribution in [3.05, 3.63) is 0 Å². The van der Waals surface area contributed by atoms with Crippen molar-refractivity contribution in [2.24, 2.45) is 0 Å². The summed E-state index contributed by atoms with van der Waals surface area (Å²) in [5.74, 6) is 0. The van der Waals surface area contributed by atoms with Gasteiger partial charge in [-0.05, 0) is 0 Å². The molecule has 4 nitrogen and oxygen atoms in total. The monoisotopic (exact) mass is 287 g/mol. The van der Waals surface area contributed by atoms with Crippen molar-refractivity contribution in [1.82, 2.24) is 0 Å². The van der Waals surface area contributed by atoms with Gasteiger partial charge in [-0.2, -0.15) is 8.42 Å². The Morgan fingerprint density at radius 1 is 1.00 bits per heavy atom. The maximum absolute atomic E-state index is 8.74. The fourth-order valence-electron chi connectivity index (χ4n) is 0. The standard InChI is InChI=1S/3Ca.Cu.H2O4S.6H/c;;;;1-5(2,3)4;;;;;;/h;;;;(H2,1,2,3,4);;;;;;/q3*+2;;;6*-1. The van der Waals surface area contributed by atoms with E-state index >= 15 is 0 Å². The van der Waals surface area contributed by atoms with Gasteiger partial charge in [0.2, 0.25) is 0 Å². The summed E-state index contributed by atoms with van der Waals surface area (Å²) >= 11 is 0. The van der Waals surface area contributed by atoms with Crippen LogP contribution < -0.4 is 0 Å². The maximum atomic E-state index is 8.74. The van der Waals surface area contributed by atoms with Gasteiger partial charge in [-0.1, -0.05) is 0 Å². The summed E-state index contributed by atoms with van der Waals surface area (Å²) in [6.07, 6.45) is 0. The normalized spacial score (nSPS) is 6.44. The van der Waals surface area contributed by atoms with E-state index in [0.29, 0.717) is 0 Å². The summed E-state index contributed by atoms with van der Waals surface area (Å²) in [6.45, 7) is 0. The first-order valence-electron chi connectivity index (χ1n) is 0.698. The van der Waals surface area contributed by atoms with Crippen LogP contribution in [-0.2, 0) is 27.5 Å². The van der Waals surface area contributed by atoms with Crippen molar-refractivity contribution in [2.45, 2.75) is 0 Å². The van der Waals surface area contributed by atoms with Crippen molar-refractivity contribution in [3.63, 3.8) is 0 Å². The van der Waals surface area contributed by atoms with Crippen LogP contribution in [-0.4, -0.2) is 131 Å². The molecule has 0 saturated carbocycles. The number of hydrogen-bond acceptors (Lipinski definition) is 2. The second-order valence-corrected chi connectivity index (χ2v) is 1.34. The predicted octanol–water partition coefficient (Wildman–Crippen LogP) is -1.12.